The highest BCUT2D eigenvalue weighted by Crippen LogP contribution is 2.23. The van der Waals surface area contributed by atoms with Gasteiger partial charge in [-0.3, -0.25) is 5.41 Å². The summed E-state index contributed by atoms with van der Waals surface area (Å²) < 4.78 is 10.8. The first-order valence-electron chi connectivity index (χ1n) is 5.90. The molecule has 0 bridgehead atoms. The lowest BCUT2D eigenvalue weighted by atomic mass is 10.2. The van der Waals surface area contributed by atoms with Gasteiger partial charge in [-0.25, -0.2) is 0 Å². The fourth-order valence-electron chi connectivity index (χ4n) is 2.26. The van der Waals surface area contributed by atoms with Crippen molar-refractivity contribution >= 4 is 11.5 Å². The molecule has 0 spiro atoms. The molecule has 1 heterocycles. The van der Waals surface area contributed by atoms with Gasteiger partial charge < -0.3 is 20.1 Å². The van der Waals surface area contributed by atoms with Crippen LogP contribution in [0.4, 0.5) is 5.69 Å². The van der Waals surface area contributed by atoms with Crippen LogP contribution in [0.25, 0.3) is 0 Å². The summed E-state index contributed by atoms with van der Waals surface area (Å²) in [5, 5.41) is 7.36. The van der Waals surface area contributed by atoms with Gasteiger partial charge >= 0.3 is 0 Å². The second-order valence-electron chi connectivity index (χ2n) is 4.41. The van der Waals surface area contributed by atoms with Crippen molar-refractivity contribution in [3.05, 3.63) is 29.8 Å². The molecule has 2 unspecified atom stereocenters. The second kappa shape index (κ2) is 5.37. The number of hydrogen-bond donors (Lipinski definition) is 2. The minimum Gasteiger partial charge on any atom is -0.384 e. The summed E-state index contributed by atoms with van der Waals surface area (Å²) in [4.78, 5) is 2.21. The molecule has 3 N–H and O–H groups in total. The van der Waals surface area contributed by atoms with E-state index < -0.39 is 0 Å². The fourth-order valence-corrected chi connectivity index (χ4v) is 2.26. The van der Waals surface area contributed by atoms with E-state index in [4.69, 9.17) is 20.6 Å². The van der Waals surface area contributed by atoms with Crippen LogP contribution in [-0.2, 0) is 9.47 Å². The topological polar surface area (TPSA) is 71.6 Å². The van der Waals surface area contributed by atoms with Gasteiger partial charge in [0.1, 0.15) is 18.0 Å². The first-order chi connectivity index (χ1) is 8.65. The molecule has 0 saturated carbocycles. The molecule has 0 aliphatic carbocycles. The van der Waals surface area contributed by atoms with E-state index in [9.17, 15) is 0 Å². The standard InChI is InChI=1S/C13H19N3O2/c1-17-11-7-16(8-12(11)18-2)10-5-3-9(4-6-10)13(14)15/h3-6,11-12H,7-8H2,1-2H3,(H3,14,15). The minimum atomic E-state index is 0.0903. The smallest absolute Gasteiger partial charge is 0.122 e. The molecule has 1 fully saturated rings. The summed E-state index contributed by atoms with van der Waals surface area (Å²) in [6.07, 6.45) is 0.199. The maximum atomic E-state index is 7.36. The Hall–Kier alpha value is -1.59. The molecule has 1 saturated heterocycles. The molecule has 1 aliphatic rings. The molecule has 98 valence electrons. The SMILES string of the molecule is COC1CN(c2ccc(C(=N)N)cc2)CC1OC. The predicted molar refractivity (Wildman–Crippen MR) is 71.3 cm³/mol. The molecule has 1 aromatic carbocycles. The average molecular weight is 249 g/mol. The number of ether oxygens (including phenoxy) is 2. The molecule has 1 aliphatic heterocycles. The van der Waals surface area contributed by atoms with Crippen LogP contribution >= 0.6 is 0 Å². The number of benzene rings is 1. The Morgan fingerprint density at radius 1 is 1.17 bits per heavy atom. The van der Waals surface area contributed by atoms with Crippen LogP contribution in [0.5, 0.6) is 0 Å². The highest BCUT2D eigenvalue weighted by molar-refractivity contribution is 5.95. The lowest BCUT2D eigenvalue weighted by Gasteiger charge is -2.18. The van der Waals surface area contributed by atoms with Gasteiger partial charge in [-0.05, 0) is 24.3 Å². The molecule has 1 aromatic rings. The molecule has 5 nitrogen and oxygen atoms in total. The van der Waals surface area contributed by atoms with Gasteiger partial charge in [0.15, 0.2) is 0 Å². The zero-order valence-electron chi connectivity index (χ0n) is 10.7. The second-order valence-corrected chi connectivity index (χ2v) is 4.41. The molecule has 2 atom stereocenters. The number of nitrogens with one attached hydrogen (secondary N) is 1. The van der Waals surface area contributed by atoms with Crippen molar-refractivity contribution < 1.29 is 9.47 Å². The quantitative estimate of drug-likeness (QED) is 0.612. The molecule has 0 aromatic heterocycles. The van der Waals surface area contributed by atoms with Crippen LogP contribution in [0.1, 0.15) is 5.56 Å². The van der Waals surface area contributed by atoms with Crippen LogP contribution < -0.4 is 10.6 Å². The van der Waals surface area contributed by atoms with E-state index >= 15 is 0 Å². The third kappa shape index (κ3) is 2.47. The zero-order chi connectivity index (χ0) is 13.1. The first kappa shape index (κ1) is 12.9. The van der Waals surface area contributed by atoms with E-state index in [2.05, 4.69) is 4.90 Å². The average Bonchev–Trinajstić information content (AvgIpc) is 2.82. The van der Waals surface area contributed by atoms with E-state index in [1.165, 1.54) is 0 Å². The maximum absolute atomic E-state index is 7.36. The van der Waals surface area contributed by atoms with E-state index in [0.717, 1.165) is 24.3 Å². The molecule has 0 amide bonds. The van der Waals surface area contributed by atoms with Crippen molar-refractivity contribution in [2.45, 2.75) is 12.2 Å². The van der Waals surface area contributed by atoms with Gasteiger partial charge in [0.05, 0.1) is 0 Å². The van der Waals surface area contributed by atoms with Crippen molar-refractivity contribution in [1.82, 2.24) is 0 Å². The number of hydrogen-bond acceptors (Lipinski definition) is 4. The van der Waals surface area contributed by atoms with Crippen LogP contribution in [0, 0.1) is 5.41 Å². The summed E-state index contributed by atoms with van der Waals surface area (Å²) in [6, 6.07) is 7.67. The number of methoxy groups -OCH3 is 2. The minimum absolute atomic E-state index is 0.0903. The number of rotatable bonds is 4. The number of anilines is 1. The highest BCUT2D eigenvalue weighted by Gasteiger charge is 2.32. The van der Waals surface area contributed by atoms with Gasteiger partial charge in [-0.15, -0.1) is 0 Å². The molecule has 5 heteroatoms. The fraction of sp³-hybridized carbons (Fsp3) is 0.462. The summed E-state index contributed by atoms with van der Waals surface area (Å²) in [6.45, 7) is 1.63. The number of nitrogens with two attached hydrogens (primary N) is 1. The van der Waals surface area contributed by atoms with Gasteiger partial charge in [0.25, 0.3) is 0 Å². The zero-order valence-corrected chi connectivity index (χ0v) is 10.7. The van der Waals surface area contributed by atoms with Crippen LogP contribution in [0.2, 0.25) is 0 Å². The summed E-state index contributed by atoms with van der Waals surface area (Å²) in [5.41, 5.74) is 7.27. The van der Waals surface area contributed by atoms with Crippen molar-refractivity contribution in [1.29, 1.82) is 5.41 Å². The van der Waals surface area contributed by atoms with Gasteiger partial charge in [-0.2, -0.15) is 0 Å². The lowest BCUT2D eigenvalue weighted by Crippen LogP contribution is -2.27. The molecular weight excluding hydrogens is 230 g/mol. The van der Waals surface area contributed by atoms with Crippen LogP contribution in [-0.4, -0.2) is 45.4 Å². The van der Waals surface area contributed by atoms with Gasteiger partial charge in [0, 0.05) is 38.6 Å². The molecular formula is C13H19N3O2. The van der Waals surface area contributed by atoms with E-state index in [-0.39, 0.29) is 18.0 Å². The van der Waals surface area contributed by atoms with Crippen LogP contribution in [0.15, 0.2) is 24.3 Å². The lowest BCUT2D eigenvalue weighted by molar-refractivity contribution is -0.00461. The Kier molecular flexibility index (Phi) is 3.84. The first-order valence-corrected chi connectivity index (χ1v) is 5.90. The number of amidine groups is 1. The van der Waals surface area contributed by atoms with Crippen molar-refractivity contribution in [3.63, 3.8) is 0 Å². The Morgan fingerprint density at radius 3 is 2.06 bits per heavy atom. The van der Waals surface area contributed by atoms with Gasteiger partial charge in [-0.1, -0.05) is 0 Å². The van der Waals surface area contributed by atoms with E-state index in [1.54, 1.807) is 14.2 Å². The van der Waals surface area contributed by atoms with E-state index in [1.807, 2.05) is 24.3 Å². The molecule has 0 radical (unpaired) electrons. The number of nitrogens with zero attached hydrogens (tertiary/aromatic N) is 1. The predicted octanol–water partition coefficient (Wildman–Crippen LogP) is 0.821. The molecule has 18 heavy (non-hydrogen) atoms. The van der Waals surface area contributed by atoms with Gasteiger partial charge in [0.2, 0.25) is 0 Å². The highest BCUT2D eigenvalue weighted by atomic mass is 16.5. The molecule has 2 rings (SSSR count). The Bertz CT molecular complexity index is 407. The largest absolute Gasteiger partial charge is 0.384 e. The van der Waals surface area contributed by atoms with Crippen molar-refractivity contribution in [2.75, 3.05) is 32.2 Å². The third-order valence-electron chi connectivity index (χ3n) is 3.36. The maximum Gasteiger partial charge on any atom is 0.122 e. The summed E-state index contributed by atoms with van der Waals surface area (Å²) in [7, 11) is 3.41. The Morgan fingerprint density at radius 2 is 1.67 bits per heavy atom. The third-order valence-corrected chi connectivity index (χ3v) is 3.36. The summed E-state index contributed by atoms with van der Waals surface area (Å²) >= 11 is 0. The Labute approximate surface area is 107 Å². The van der Waals surface area contributed by atoms with Crippen molar-refractivity contribution in [2.24, 2.45) is 5.73 Å². The van der Waals surface area contributed by atoms with E-state index in [0.29, 0.717) is 0 Å². The normalized spacial score (nSPS) is 23.3. The van der Waals surface area contributed by atoms with Crippen molar-refractivity contribution in [3.8, 4) is 0 Å². The monoisotopic (exact) mass is 249 g/mol. The Balaban J connectivity index is 2.11. The summed E-state index contributed by atoms with van der Waals surface area (Å²) in [5.74, 6) is 0.0903. The number of nitrogen functional groups attached to an aromatic ring is 1. The van der Waals surface area contributed by atoms with Crippen LogP contribution in [0.3, 0.4) is 0 Å².